The van der Waals surface area contributed by atoms with Gasteiger partial charge in [-0.15, -0.1) is 6.42 Å². The van der Waals surface area contributed by atoms with Gasteiger partial charge in [-0.1, -0.05) is 18.1 Å². The second-order valence-corrected chi connectivity index (χ2v) is 2.87. The van der Waals surface area contributed by atoms with Gasteiger partial charge in [0.05, 0.1) is 11.7 Å². The molecule has 3 nitrogen and oxygen atoms in total. The van der Waals surface area contributed by atoms with Gasteiger partial charge in [-0.2, -0.15) is 0 Å². The minimum atomic E-state index is -0.424. The molecule has 14 heavy (non-hydrogen) atoms. The van der Waals surface area contributed by atoms with E-state index in [1.54, 1.807) is 6.20 Å². The zero-order valence-corrected chi connectivity index (χ0v) is 7.45. The summed E-state index contributed by atoms with van der Waals surface area (Å²) in [4.78, 5) is 0. The Labute approximate surface area is 82.6 Å². The normalized spacial score (nSPS) is 14.6. The number of benzene rings is 1. The highest BCUT2D eigenvalue weighted by molar-refractivity contribution is 5.66. The largest absolute Gasteiger partial charge is 0.450 e. The van der Waals surface area contributed by atoms with Crippen LogP contribution in [0.1, 0.15) is 11.6 Å². The van der Waals surface area contributed by atoms with E-state index in [0.717, 1.165) is 11.3 Å². The fourth-order valence-corrected chi connectivity index (χ4v) is 1.33. The van der Waals surface area contributed by atoms with Crippen LogP contribution in [-0.2, 0) is 0 Å². The third kappa shape index (κ3) is 1.32. The zero-order valence-electron chi connectivity index (χ0n) is 7.45. The number of nitrogens with one attached hydrogen (secondary N) is 1. The maximum absolute atomic E-state index is 5.75. The lowest BCUT2D eigenvalue weighted by Gasteiger charge is -2.17. The van der Waals surface area contributed by atoms with Crippen molar-refractivity contribution in [2.75, 3.05) is 5.32 Å². The van der Waals surface area contributed by atoms with Gasteiger partial charge < -0.3 is 15.8 Å². The molecule has 1 atom stereocenters. The van der Waals surface area contributed by atoms with E-state index in [0.29, 0.717) is 5.75 Å². The third-order valence-corrected chi connectivity index (χ3v) is 2.02. The van der Waals surface area contributed by atoms with Crippen LogP contribution in [0, 0.1) is 18.6 Å². The summed E-state index contributed by atoms with van der Waals surface area (Å²) < 4.78 is 5.17. The monoisotopic (exact) mass is 185 g/mol. The van der Waals surface area contributed by atoms with Crippen LogP contribution in [0.4, 0.5) is 5.69 Å². The Bertz CT molecular complexity index is 418. The topological polar surface area (TPSA) is 47.3 Å². The number of fused-ring (bicyclic) bond motifs is 1. The van der Waals surface area contributed by atoms with Gasteiger partial charge in [0.1, 0.15) is 0 Å². The second kappa shape index (κ2) is 3.44. The smallest absolute Gasteiger partial charge is 0.187 e. The van der Waals surface area contributed by atoms with E-state index in [2.05, 4.69) is 17.5 Å². The van der Waals surface area contributed by atoms with Crippen LogP contribution < -0.4 is 15.8 Å². The van der Waals surface area contributed by atoms with E-state index in [9.17, 15) is 0 Å². The molecule has 0 saturated carbocycles. The summed E-state index contributed by atoms with van der Waals surface area (Å²) in [6.07, 6.45) is 9.44. The molecule has 0 fully saturated rings. The molecule has 0 aliphatic carbocycles. The molecule has 1 aliphatic rings. The summed E-state index contributed by atoms with van der Waals surface area (Å²) in [5, 5.41) is 3.01. The van der Waals surface area contributed by atoms with Gasteiger partial charge in [-0.25, -0.2) is 0 Å². The molecule has 1 aromatic rings. The summed E-state index contributed by atoms with van der Waals surface area (Å²) in [5.41, 5.74) is 7.42. The van der Waals surface area contributed by atoms with E-state index < -0.39 is 6.04 Å². The lowest BCUT2D eigenvalue weighted by molar-refractivity contribution is 0.448. The Balaban J connectivity index is 2.49. The molecule has 2 rings (SSSR count). The van der Waals surface area contributed by atoms with Crippen molar-refractivity contribution in [1.29, 1.82) is 0 Å². The summed E-state index contributed by atoms with van der Waals surface area (Å²) in [7, 11) is 0. The van der Waals surface area contributed by atoms with Crippen molar-refractivity contribution in [2.45, 2.75) is 6.04 Å². The Hall–Kier alpha value is -1.92. The first-order valence-electron chi connectivity index (χ1n) is 4.18. The maximum Gasteiger partial charge on any atom is 0.187 e. The summed E-state index contributed by atoms with van der Waals surface area (Å²) in [5.74, 6) is 3.17. The Morgan fingerprint density at radius 3 is 3.21 bits per heavy atom. The molecule has 0 amide bonds. The van der Waals surface area contributed by atoms with Gasteiger partial charge in [-0.05, 0) is 6.07 Å². The molecular weight excluding hydrogens is 176 g/mol. The van der Waals surface area contributed by atoms with E-state index in [-0.39, 0.29) is 0 Å². The van der Waals surface area contributed by atoms with Crippen LogP contribution in [0.15, 0.2) is 24.4 Å². The number of hydrogen-bond acceptors (Lipinski definition) is 3. The molecule has 3 heteroatoms. The molecule has 0 spiro atoms. The fourth-order valence-electron chi connectivity index (χ4n) is 1.33. The minimum absolute atomic E-state index is 0.424. The Morgan fingerprint density at radius 2 is 2.43 bits per heavy atom. The first-order valence-corrected chi connectivity index (χ1v) is 4.18. The number of para-hydroxylation sites is 1. The van der Waals surface area contributed by atoms with Gasteiger partial charge in [-0.3, -0.25) is 0 Å². The molecule has 0 bridgehead atoms. The van der Waals surface area contributed by atoms with Crippen molar-refractivity contribution in [1.82, 2.24) is 0 Å². The van der Waals surface area contributed by atoms with Gasteiger partial charge in [0.15, 0.2) is 12.0 Å². The molecule has 3 N–H and O–H groups in total. The molecule has 1 aliphatic heterocycles. The summed E-state index contributed by atoms with van der Waals surface area (Å²) in [6.45, 7) is 0. The maximum atomic E-state index is 5.75. The molecular formula is C11H9N2O. The van der Waals surface area contributed by atoms with Crippen LogP contribution in [0.2, 0.25) is 0 Å². The van der Waals surface area contributed by atoms with Crippen molar-refractivity contribution in [3.05, 3.63) is 36.2 Å². The molecule has 0 aromatic heterocycles. The highest BCUT2D eigenvalue weighted by atomic mass is 16.5. The van der Waals surface area contributed by atoms with Crippen LogP contribution in [-0.4, -0.2) is 0 Å². The molecule has 1 unspecified atom stereocenters. The van der Waals surface area contributed by atoms with Gasteiger partial charge in [0.2, 0.25) is 0 Å². The lowest BCUT2D eigenvalue weighted by atomic mass is 10.1. The number of anilines is 1. The van der Waals surface area contributed by atoms with Gasteiger partial charge >= 0.3 is 0 Å². The van der Waals surface area contributed by atoms with E-state index in [1.807, 2.05) is 18.2 Å². The van der Waals surface area contributed by atoms with E-state index in [1.165, 1.54) is 0 Å². The van der Waals surface area contributed by atoms with Gasteiger partial charge in [0.25, 0.3) is 0 Å². The fraction of sp³-hybridized carbons (Fsp3) is 0.0909. The minimum Gasteiger partial charge on any atom is -0.450 e. The number of nitrogens with two attached hydrogens (primary N) is 1. The highest BCUT2D eigenvalue weighted by Gasteiger charge is 2.14. The summed E-state index contributed by atoms with van der Waals surface area (Å²) >= 11 is 0. The molecule has 1 radical (unpaired) electrons. The van der Waals surface area contributed by atoms with Crippen LogP contribution in [0.25, 0.3) is 0 Å². The average Bonchev–Trinajstić information content (AvgIpc) is 2.27. The summed E-state index contributed by atoms with van der Waals surface area (Å²) in [6, 6.07) is 5.13. The van der Waals surface area contributed by atoms with Crippen molar-refractivity contribution in [3.63, 3.8) is 0 Å². The van der Waals surface area contributed by atoms with Crippen molar-refractivity contribution < 1.29 is 4.74 Å². The third-order valence-electron chi connectivity index (χ3n) is 2.02. The van der Waals surface area contributed by atoms with E-state index >= 15 is 0 Å². The van der Waals surface area contributed by atoms with E-state index in [4.69, 9.17) is 16.9 Å². The van der Waals surface area contributed by atoms with Crippen LogP contribution in [0.3, 0.4) is 0 Å². The van der Waals surface area contributed by atoms with Crippen molar-refractivity contribution >= 4 is 5.69 Å². The zero-order chi connectivity index (χ0) is 9.97. The standard InChI is InChI=1S/C11H9N2O/c1-2-9(12)8-4-3-5-10-11(8)13-6-7-14-10/h1,3-6,9,13H,12H2. The molecule has 0 saturated heterocycles. The van der Waals surface area contributed by atoms with Crippen molar-refractivity contribution in [3.8, 4) is 18.1 Å². The predicted octanol–water partition coefficient (Wildman–Crippen LogP) is 1.40. The molecule has 1 aromatic carbocycles. The Morgan fingerprint density at radius 1 is 1.57 bits per heavy atom. The molecule has 69 valence electrons. The number of ether oxygens (including phenoxy) is 1. The van der Waals surface area contributed by atoms with Crippen LogP contribution in [0.5, 0.6) is 5.75 Å². The first-order chi connectivity index (χ1) is 6.83. The number of terminal acetylenes is 1. The Kier molecular flexibility index (Phi) is 2.13. The quantitative estimate of drug-likeness (QED) is 0.650. The van der Waals surface area contributed by atoms with Crippen LogP contribution >= 0.6 is 0 Å². The number of hydrogen-bond donors (Lipinski definition) is 2. The predicted molar refractivity (Wildman–Crippen MR) is 54.3 cm³/mol. The average molecular weight is 185 g/mol. The van der Waals surface area contributed by atoms with Crippen molar-refractivity contribution in [2.24, 2.45) is 5.73 Å². The first kappa shape index (κ1) is 8.67. The highest BCUT2D eigenvalue weighted by Crippen LogP contribution is 2.33. The molecule has 1 heterocycles. The lowest BCUT2D eigenvalue weighted by Crippen LogP contribution is -2.12. The SMILES string of the molecule is C#CC(N)c1cccc2c1NC=[C]O2. The second-order valence-electron chi connectivity index (χ2n) is 2.87. The number of rotatable bonds is 1. The van der Waals surface area contributed by atoms with Gasteiger partial charge in [0, 0.05) is 11.8 Å².